The summed E-state index contributed by atoms with van der Waals surface area (Å²) in [5.74, 6) is 1.21. The van der Waals surface area contributed by atoms with Crippen LogP contribution < -0.4 is 14.8 Å². The number of hydrogen-bond donors (Lipinski definition) is 2. The summed E-state index contributed by atoms with van der Waals surface area (Å²) in [6, 6.07) is 19.8. The van der Waals surface area contributed by atoms with E-state index >= 15 is 0 Å². The summed E-state index contributed by atoms with van der Waals surface area (Å²) in [5.41, 5.74) is 3.73. The van der Waals surface area contributed by atoms with E-state index in [9.17, 15) is 13.5 Å². The third-order valence-electron chi connectivity index (χ3n) is 6.87. The van der Waals surface area contributed by atoms with Gasteiger partial charge in [-0.05, 0) is 59.5 Å². The van der Waals surface area contributed by atoms with E-state index in [4.69, 9.17) is 9.47 Å². The Morgan fingerprint density at radius 2 is 1.68 bits per heavy atom. The number of aliphatic hydroxyl groups is 1. The Bertz CT molecular complexity index is 1310. The Balaban J connectivity index is 1.60. The maximum atomic E-state index is 13.8. The molecule has 0 aliphatic carbocycles. The highest BCUT2D eigenvalue weighted by atomic mass is 32.2. The molecule has 0 saturated carbocycles. The van der Waals surface area contributed by atoms with Gasteiger partial charge in [0.15, 0.2) is 0 Å². The van der Waals surface area contributed by atoms with Crippen molar-refractivity contribution in [2.45, 2.75) is 23.4 Å². The van der Waals surface area contributed by atoms with Gasteiger partial charge >= 0.3 is 0 Å². The molecule has 0 spiro atoms. The molecule has 2 aliphatic rings. The molecular formula is C26H28N2O5S. The van der Waals surface area contributed by atoms with E-state index in [1.165, 1.54) is 7.11 Å². The van der Waals surface area contributed by atoms with Crippen LogP contribution in [0.25, 0.3) is 11.1 Å². The Morgan fingerprint density at radius 1 is 0.971 bits per heavy atom. The smallest absolute Gasteiger partial charge is 0.243 e. The molecule has 0 radical (unpaired) electrons. The number of hydrogen-bond acceptors (Lipinski definition) is 6. The highest BCUT2D eigenvalue weighted by Gasteiger charge is 2.48. The third kappa shape index (κ3) is 3.81. The van der Waals surface area contributed by atoms with Gasteiger partial charge in [-0.3, -0.25) is 0 Å². The number of fused-ring (bicyclic) bond motifs is 3. The summed E-state index contributed by atoms with van der Waals surface area (Å²) in [6.07, 6.45) is 0.662. The zero-order chi connectivity index (χ0) is 23.9. The zero-order valence-electron chi connectivity index (χ0n) is 19.1. The lowest BCUT2D eigenvalue weighted by Gasteiger charge is -2.39. The Hall–Kier alpha value is -3.07. The third-order valence-corrected chi connectivity index (χ3v) is 8.75. The summed E-state index contributed by atoms with van der Waals surface area (Å²) >= 11 is 0. The highest BCUT2D eigenvalue weighted by molar-refractivity contribution is 7.89. The van der Waals surface area contributed by atoms with E-state index in [0.29, 0.717) is 18.7 Å². The second-order valence-corrected chi connectivity index (χ2v) is 10.6. The normalized spacial score (nSPS) is 21.9. The molecule has 3 atom stereocenters. The predicted octanol–water partition coefficient (Wildman–Crippen LogP) is 3.91. The largest absolute Gasteiger partial charge is 0.497 e. The molecule has 2 N–H and O–H groups in total. The molecule has 178 valence electrons. The average molecular weight is 481 g/mol. The summed E-state index contributed by atoms with van der Waals surface area (Å²) in [7, 11) is -0.626. The fraction of sp³-hybridized carbons (Fsp3) is 0.308. The van der Waals surface area contributed by atoms with Crippen LogP contribution in [0.5, 0.6) is 11.5 Å². The highest BCUT2D eigenvalue weighted by Crippen LogP contribution is 2.49. The molecule has 3 aromatic carbocycles. The van der Waals surface area contributed by atoms with Gasteiger partial charge in [-0.2, -0.15) is 4.31 Å². The first-order valence-electron chi connectivity index (χ1n) is 11.3. The number of methoxy groups -OCH3 is 2. The molecule has 2 heterocycles. The van der Waals surface area contributed by atoms with Crippen LogP contribution in [-0.4, -0.2) is 51.2 Å². The van der Waals surface area contributed by atoms with Crippen molar-refractivity contribution >= 4 is 15.7 Å². The number of aliphatic hydroxyl groups excluding tert-OH is 1. The van der Waals surface area contributed by atoms with Gasteiger partial charge in [-0.1, -0.05) is 24.3 Å². The van der Waals surface area contributed by atoms with Crippen LogP contribution >= 0.6 is 0 Å². The second-order valence-electron chi connectivity index (χ2n) is 8.66. The van der Waals surface area contributed by atoms with E-state index in [1.807, 2.05) is 36.4 Å². The fourth-order valence-electron chi connectivity index (χ4n) is 5.17. The van der Waals surface area contributed by atoms with E-state index < -0.39 is 10.0 Å². The molecule has 0 amide bonds. The van der Waals surface area contributed by atoms with E-state index in [2.05, 4.69) is 11.4 Å². The molecule has 2 aliphatic heterocycles. The number of ether oxygens (including phenoxy) is 2. The molecule has 0 aromatic heterocycles. The van der Waals surface area contributed by atoms with Crippen molar-refractivity contribution in [1.29, 1.82) is 0 Å². The van der Waals surface area contributed by atoms with E-state index in [1.54, 1.807) is 35.7 Å². The summed E-state index contributed by atoms with van der Waals surface area (Å²) < 4.78 is 39.8. The monoisotopic (exact) mass is 480 g/mol. The van der Waals surface area contributed by atoms with Crippen molar-refractivity contribution in [2.75, 3.05) is 32.7 Å². The van der Waals surface area contributed by atoms with E-state index in [-0.39, 0.29) is 29.5 Å². The van der Waals surface area contributed by atoms with Crippen LogP contribution in [0.3, 0.4) is 0 Å². The Labute approximate surface area is 200 Å². The van der Waals surface area contributed by atoms with Crippen LogP contribution in [0, 0.1) is 5.92 Å². The average Bonchev–Trinajstić information content (AvgIpc) is 3.34. The van der Waals surface area contributed by atoms with Crippen LogP contribution in [0.1, 0.15) is 18.0 Å². The zero-order valence-corrected chi connectivity index (χ0v) is 20.0. The molecule has 0 unspecified atom stereocenters. The number of sulfonamides is 1. The van der Waals surface area contributed by atoms with E-state index in [0.717, 1.165) is 28.1 Å². The minimum atomic E-state index is -3.78. The number of rotatable bonds is 6. The van der Waals surface area contributed by atoms with Gasteiger partial charge < -0.3 is 19.9 Å². The van der Waals surface area contributed by atoms with Gasteiger partial charge in [0, 0.05) is 24.2 Å². The molecular weight excluding hydrogens is 452 g/mol. The summed E-state index contributed by atoms with van der Waals surface area (Å²) in [5, 5.41) is 13.5. The van der Waals surface area contributed by atoms with Gasteiger partial charge in [0.2, 0.25) is 10.0 Å². The molecule has 34 heavy (non-hydrogen) atoms. The molecule has 5 rings (SSSR count). The first kappa shape index (κ1) is 22.7. The molecule has 3 aromatic rings. The van der Waals surface area contributed by atoms with Gasteiger partial charge in [0.1, 0.15) is 11.5 Å². The van der Waals surface area contributed by atoms with Gasteiger partial charge in [-0.15, -0.1) is 0 Å². The molecule has 7 nitrogen and oxygen atoms in total. The van der Waals surface area contributed by atoms with Gasteiger partial charge in [0.25, 0.3) is 0 Å². The quantitative estimate of drug-likeness (QED) is 0.556. The van der Waals surface area contributed by atoms with Crippen molar-refractivity contribution < 1.29 is 23.0 Å². The van der Waals surface area contributed by atoms with Crippen LogP contribution in [-0.2, 0) is 10.0 Å². The van der Waals surface area contributed by atoms with Crippen molar-refractivity contribution in [2.24, 2.45) is 5.92 Å². The van der Waals surface area contributed by atoms with Gasteiger partial charge in [0.05, 0.1) is 37.8 Å². The number of anilines is 1. The van der Waals surface area contributed by atoms with Crippen molar-refractivity contribution in [3.05, 3.63) is 72.3 Å². The lowest BCUT2D eigenvalue weighted by Crippen LogP contribution is -2.42. The van der Waals surface area contributed by atoms with Gasteiger partial charge in [-0.25, -0.2) is 8.42 Å². The first-order valence-corrected chi connectivity index (χ1v) is 12.7. The van der Waals surface area contributed by atoms with Crippen LogP contribution in [0.15, 0.2) is 71.6 Å². The van der Waals surface area contributed by atoms with Crippen molar-refractivity contribution in [1.82, 2.24) is 4.31 Å². The SMILES string of the molecule is COc1cccc(-c2ccc3c(c2)[C@@H]2[C@@H](CCN2S(=O)(=O)c2cccc(OC)c2)[C@H](CO)N3)c1. The number of nitrogens with one attached hydrogen (secondary N) is 1. The standard InChI is InChI=1S/C26H28N2O5S/c1-32-19-6-3-5-17(13-19)18-9-10-24-23(14-18)26-22(25(16-29)27-24)11-12-28(26)34(30,31)21-8-4-7-20(15-21)33-2/h3-10,13-15,22,25-27,29H,11-12,16H2,1-2H3/t22-,25-,26-/m0/s1. The summed E-state index contributed by atoms with van der Waals surface area (Å²) in [4.78, 5) is 0.206. The topological polar surface area (TPSA) is 88.1 Å². The lowest BCUT2D eigenvalue weighted by atomic mass is 9.82. The molecule has 1 fully saturated rings. The van der Waals surface area contributed by atoms with Crippen LogP contribution in [0.2, 0.25) is 0 Å². The number of nitrogens with zero attached hydrogens (tertiary/aromatic N) is 1. The minimum absolute atomic E-state index is 0.0431. The Kier molecular flexibility index (Phi) is 5.97. The maximum absolute atomic E-state index is 13.8. The van der Waals surface area contributed by atoms with Crippen molar-refractivity contribution in [3.8, 4) is 22.6 Å². The Morgan fingerprint density at radius 3 is 2.41 bits per heavy atom. The first-order chi connectivity index (χ1) is 16.5. The second kappa shape index (κ2) is 8.94. The molecule has 8 heteroatoms. The minimum Gasteiger partial charge on any atom is -0.497 e. The molecule has 0 bridgehead atoms. The van der Waals surface area contributed by atoms with Crippen molar-refractivity contribution in [3.63, 3.8) is 0 Å². The predicted molar refractivity (Wildman–Crippen MR) is 131 cm³/mol. The number of benzene rings is 3. The van der Waals surface area contributed by atoms with Crippen LogP contribution in [0.4, 0.5) is 5.69 Å². The summed E-state index contributed by atoms with van der Waals surface area (Å²) in [6.45, 7) is 0.321. The lowest BCUT2D eigenvalue weighted by molar-refractivity contribution is 0.210. The maximum Gasteiger partial charge on any atom is 0.243 e. The fourth-order valence-corrected chi connectivity index (χ4v) is 6.87. The molecule has 1 saturated heterocycles.